The fourth-order valence-corrected chi connectivity index (χ4v) is 4.59. The second kappa shape index (κ2) is 6.93. The van der Waals surface area contributed by atoms with Gasteiger partial charge in [-0.3, -0.25) is 4.79 Å². The minimum atomic E-state index is -3.65. The van der Waals surface area contributed by atoms with Crippen LogP contribution in [0.1, 0.15) is 17.2 Å². The summed E-state index contributed by atoms with van der Waals surface area (Å²) in [6, 6.07) is 14.8. The number of nitrogens with zero attached hydrogens (tertiary/aromatic N) is 1. The molecule has 1 saturated heterocycles. The van der Waals surface area contributed by atoms with Crippen LogP contribution in [0.15, 0.2) is 54.6 Å². The lowest BCUT2D eigenvalue weighted by Gasteiger charge is -2.34. The first kappa shape index (κ1) is 17.0. The minimum absolute atomic E-state index is 0.166. The maximum absolute atomic E-state index is 12.9. The van der Waals surface area contributed by atoms with Crippen LogP contribution in [0.5, 0.6) is 0 Å². The molecule has 2 aromatic rings. The third-order valence-corrected chi connectivity index (χ3v) is 5.96. The topological polar surface area (TPSA) is 66.5 Å². The first-order chi connectivity index (χ1) is 11.5. The van der Waals surface area contributed by atoms with Gasteiger partial charge >= 0.3 is 0 Å². The fraction of sp³-hybridized carbons (Fsp3) is 0.235. The van der Waals surface area contributed by atoms with Gasteiger partial charge in [0.15, 0.2) is 0 Å². The quantitative estimate of drug-likeness (QED) is 0.905. The van der Waals surface area contributed by atoms with Gasteiger partial charge in [-0.1, -0.05) is 54.1 Å². The Balaban J connectivity index is 1.91. The van der Waals surface area contributed by atoms with Crippen LogP contribution in [0.3, 0.4) is 0 Å². The molecule has 0 aromatic heterocycles. The van der Waals surface area contributed by atoms with Crippen molar-refractivity contribution >= 4 is 27.5 Å². The van der Waals surface area contributed by atoms with Crippen LogP contribution in [-0.4, -0.2) is 31.7 Å². The van der Waals surface area contributed by atoms with Gasteiger partial charge in [-0.15, -0.1) is 0 Å². The Morgan fingerprint density at radius 3 is 2.42 bits per heavy atom. The summed E-state index contributed by atoms with van der Waals surface area (Å²) in [5.41, 5.74) is 1.30. The van der Waals surface area contributed by atoms with Gasteiger partial charge in [0.05, 0.1) is 5.75 Å². The molecular weight excluding hydrogens is 348 g/mol. The number of rotatable bonds is 4. The SMILES string of the molecule is O=C1NCCN(S(=O)(=O)Cc2ccc(Cl)cc2)C1c1ccccc1. The zero-order valence-corrected chi connectivity index (χ0v) is 14.4. The molecule has 1 N–H and O–H groups in total. The number of halogens is 1. The number of benzene rings is 2. The summed E-state index contributed by atoms with van der Waals surface area (Å²) in [5, 5.41) is 3.29. The van der Waals surface area contributed by atoms with E-state index in [0.717, 1.165) is 0 Å². The fourth-order valence-electron chi connectivity index (χ4n) is 2.77. The van der Waals surface area contributed by atoms with E-state index >= 15 is 0 Å². The van der Waals surface area contributed by atoms with E-state index in [9.17, 15) is 13.2 Å². The molecule has 24 heavy (non-hydrogen) atoms. The molecule has 2 aromatic carbocycles. The van der Waals surface area contributed by atoms with Crippen molar-refractivity contribution in [2.24, 2.45) is 0 Å². The normalized spacial score (nSPS) is 19.0. The summed E-state index contributed by atoms with van der Waals surface area (Å²) in [6.45, 7) is 0.559. The summed E-state index contributed by atoms with van der Waals surface area (Å²) in [4.78, 5) is 12.3. The third-order valence-electron chi connectivity index (χ3n) is 3.90. The van der Waals surface area contributed by atoms with Crippen LogP contribution in [0, 0.1) is 0 Å². The van der Waals surface area contributed by atoms with E-state index in [0.29, 0.717) is 22.7 Å². The number of hydrogen-bond acceptors (Lipinski definition) is 3. The molecule has 126 valence electrons. The second-order valence-electron chi connectivity index (χ2n) is 5.60. The van der Waals surface area contributed by atoms with Gasteiger partial charge in [-0.25, -0.2) is 8.42 Å². The zero-order chi connectivity index (χ0) is 17.2. The molecule has 3 rings (SSSR count). The maximum atomic E-state index is 12.9. The van der Waals surface area contributed by atoms with Crippen molar-refractivity contribution in [3.8, 4) is 0 Å². The van der Waals surface area contributed by atoms with Crippen LogP contribution in [0.2, 0.25) is 5.02 Å². The Labute approximate surface area is 146 Å². The number of hydrogen-bond donors (Lipinski definition) is 1. The Morgan fingerprint density at radius 1 is 1.08 bits per heavy atom. The van der Waals surface area contributed by atoms with Crippen LogP contribution in [0.25, 0.3) is 0 Å². The zero-order valence-electron chi connectivity index (χ0n) is 12.9. The van der Waals surface area contributed by atoms with Crippen molar-refractivity contribution in [2.75, 3.05) is 13.1 Å². The largest absolute Gasteiger partial charge is 0.353 e. The highest BCUT2D eigenvalue weighted by molar-refractivity contribution is 7.88. The molecule has 1 atom stereocenters. The lowest BCUT2D eigenvalue weighted by Crippen LogP contribution is -2.52. The monoisotopic (exact) mass is 364 g/mol. The molecule has 0 aliphatic carbocycles. The van der Waals surface area contributed by atoms with Crippen LogP contribution < -0.4 is 5.32 Å². The van der Waals surface area contributed by atoms with Crippen molar-refractivity contribution in [1.82, 2.24) is 9.62 Å². The molecule has 1 fully saturated rings. The average molecular weight is 365 g/mol. The van der Waals surface area contributed by atoms with Crippen molar-refractivity contribution < 1.29 is 13.2 Å². The van der Waals surface area contributed by atoms with Gasteiger partial charge in [0.1, 0.15) is 6.04 Å². The van der Waals surface area contributed by atoms with E-state index < -0.39 is 16.1 Å². The second-order valence-corrected chi connectivity index (χ2v) is 7.96. The van der Waals surface area contributed by atoms with Gasteiger partial charge in [-0.05, 0) is 23.3 Å². The lowest BCUT2D eigenvalue weighted by atomic mass is 10.1. The molecule has 1 unspecified atom stereocenters. The van der Waals surface area contributed by atoms with Crippen molar-refractivity contribution in [3.05, 3.63) is 70.7 Å². The molecule has 5 nitrogen and oxygen atoms in total. The summed E-state index contributed by atoms with van der Waals surface area (Å²) >= 11 is 5.84. The van der Waals surface area contributed by atoms with Crippen molar-refractivity contribution in [2.45, 2.75) is 11.8 Å². The number of piperazine rings is 1. The smallest absolute Gasteiger partial charge is 0.243 e. The number of carbonyl (C=O) groups is 1. The molecule has 1 amide bonds. The van der Waals surface area contributed by atoms with Crippen LogP contribution in [0.4, 0.5) is 0 Å². The maximum Gasteiger partial charge on any atom is 0.243 e. The molecule has 1 heterocycles. The van der Waals surface area contributed by atoms with Crippen LogP contribution in [-0.2, 0) is 20.6 Å². The molecule has 1 aliphatic heterocycles. The lowest BCUT2D eigenvalue weighted by molar-refractivity contribution is -0.126. The highest BCUT2D eigenvalue weighted by Gasteiger charge is 2.38. The summed E-state index contributed by atoms with van der Waals surface area (Å²) in [6.07, 6.45) is 0. The van der Waals surface area contributed by atoms with Gasteiger partial charge in [0.25, 0.3) is 0 Å². The highest BCUT2D eigenvalue weighted by atomic mass is 35.5. The Hall–Kier alpha value is -1.89. The van der Waals surface area contributed by atoms with Crippen LogP contribution >= 0.6 is 11.6 Å². The molecule has 0 saturated carbocycles. The first-order valence-corrected chi connectivity index (χ1v) is 9.53. The average Bonchev–Trinajstić information content (AvgIpc) is 2.57. The molecule has 0 radical (unpaired) electrons. The Kier molecular flexibility index (Phi) is 4.89. The molecule has 0 bridgehead atoms. The Morgan fingerprint density at radius 2 is 1.75 bits per heavy atom. The number of amides is 1. The molecule has 0 spiro atoms. The molecule has 1 aliphatic rings. The predicted octanol–water partition coefficient (Wildman–Crippen LogP) is 2.34. The van der Waals surface area contributed by atoms with Gasteiger partial charge in [0.2, 0.25) is 15.9 Å². The van der Waals surface area contributed by atoms with E-state index in [2.05, 4.69) is 5.32 Å². The van der Waals surface area contributed by atoms with Crippen molar-refractivity contribution in [1.29, 1.82) is 0 Å². The summed E-state index contributed by atoms with van der Waals surface area (Å²) < 4.78 is 27.1. The minimum Gasteiger partial charge on any atom is -0.353 e. The van der Waals surface area contributed by atoms with E-state index in [4.69, 9.17) is 11.6 Å². The number of carbonyl (C=O) groups excluding carboxylic acids is 1. The highest BCUT2D eigenvalue weighted by Crippen LogP contribution is 2.27. The van der Waals surface area contributed by atoms with Crippen molar-refractivity contribution in [3.63, 3.8) is 0 Å². The first-order valence-electron chi connectivity index (χ1n) is 7.54. The van der Waals surface area contributed by atoms with Gasteiger partial charge < -0.3 is 5.32 Å². The summed E-state index contributed by atoms with van der Waals surface area (Å²) in [5.74, 6) is -0.465. The molecular formula is C17H17ClN2O3S. The third kappa shape index (κ3) is 3.61. The number of sulfonamides is 1. The van der Waals surface area contributed by atoms with E-state index in [-0.39, 0.29) is 18.2 Å². The molecule has 7 heteroatoms. The van der Waals surface area contributed by atoms with Gasteiger partial charge in [0, 0.05) is 18.1 Å². The van der Waals surface area contributed by atoms with E-state index in [1.165, 1.54) is 4.31 Å². The van der Waals surface area contributed by atoms with E-state index in [1.54, 1.807) is 48.5 Å². The van der Waals surface area contributed by atoms with Gasteiger partial charge in [-0.2, -0.15) is 4.31 Å². The van der Waals surface area contributed by atoms with E-state index in [1.807, 2.05) is 6.07 Å². The Bertz CT molecular complexity index is 823. The standard InChI is InChI=1S/C17H17ClN2O3S/c18-15-8-6-13(7-9-15)12-24(22,23)20-11-10-19-17(21)16(20)14-4-2-1-3-5-14/h1-9,16H,10-12H2,(H,19,21). The number of nitrogens with one attached hydrogen (secondary N) is 1. The summed E-state index contributed by atoms with van der Waals surface area (Å²) in [7, 11) is -3.65. The predicted molar refractivity (Wildman–Crippen MR) is 93.0 cm³/mol.